The summed E-state index contributed by atoms with van der Waals surface area (Å²) in [5.41, 5.74) is 1.08. The highest BCUT2D eigenvalue weighted by atomic mass is 35.5. The molecule has 0 spiro atoms. The highest BCUT2D eigenvalue weighted by Crippen LogP contribution is 2.25. The van der Waals surface area contributed by atoms with Crippen LogP contribution in [0.4, 0.5) is 0 Å². The summed E-state index contributed by atoms with van der Waals surface area (Å²) in [6.45, 7) is 0.783. The van der Waals surface area contributed by atoms with Gasteiger partial charge in [-0.3, -0.25) is 0 Å². The lowest BCUT2D eigenvalue weighted by Crippen LogP contribution is -1.97. The maximum atomic E-state index is 6.21. The van der Waals surface area contributed by atoms with Crippen molar-refractivity contribution in [3.05, 3.63) is 52.1 Å². The molecule has 4 heteroatoms. The van der Waals surface area contributed by atoms with Crippen LogP contribution in [0.25, 0.3) is 10.9 Å². The van der Waals surface area contributed by atoms with E-state index in [1.807, 2.05) is 23.7 Å². The number of hydrogen-bond acceptors (Lipinski definition) is 2. The number of thiazole rings is 1. The summed E-state index contributed by atoms with van der Waals surface area (Å²) in [5.74, 6) is 0. The molecule has 3 rings (SSSR count). The highest BCUT2D eigenvalue weighted by molar-refractivity contribution is 7.09. The number of nitrogens with zero attached hydrogens (tertiary/aromatic N) is 2. The van der Waals surface area contributed by atoms with E-state index in [9.17, 15) is 0 Å². The van der Waals surface area contributed by atoms with Gasteiger partial charge in [-0.05, 0) is 12.1 Å². The second-order valence-electron chi connectivity index (χ2n) is 3.55. The van der Waals surface area contributed by atoms with Crippen LogP contribution in [0.3, 0.4) is 0 Å². The van der Waals surface area contributed by atoms with Crippen LogP contribution >= 0.6 is 22.9 Å². The molecular weight excluding hydrogens is 240 g/mol. The molecule has 80 valence electrons. The predicted molar refractivity (Wildman–Crippen MR) is 68.2 cm³/mol. The molecular formula is C12H9ClN2S. The first-order valence-electron chi connectivity index (χ1n) is 4.96. The number of halogens is 1. The van der Waals surface area contributed by atoms with E-state index < -0.39 is 0 Å². The van der Waals surface area contributed by atoms with E-state index in [0.29, 0.717) is 0 Å². The number of benzene rings is 1. The fourth-order valence-electron chi connectivity index (χ4n) is 1.82. The number of fused-ring (bicyclic) bond motifs is 1. The standard InChI is InChI=1S/C12H9ClN2S/c13-10-3-1-2-9-4-6-15(12(9)10)8-11-14-5-7-16-11/h1-7H,8H2. The van der Waals surface area contributed by atoms with Crippen LogP contribution in [-0.4, -0.2) is 9.55 Å². The fourth-order valence-corrected chi connectivity index (χ4v) is 2.73. The lowest BCUT2D eigenvalue weighted by Gasteiger charge is -2.03. The smallest absolute Gasteiger partial charge is 0.112 e. The molecule has 0 unspecified atom stereocenters. The minimum Gasteiger partial charge on any atom is -0.339 e. The Hall–Kier alpha value is -1.32. The molecule has 2 aromatic heterocycles. The molecule has 0 aliphatic heterocycles. The molecule has 0 aliphatic rings. The molecule has 2 nitrogen and oxygen atoms in total. The monoisotopic (exact) mass is 248 g/mol. The van der Waals surface area contributed by atoms with Gasteiger partial charge in [0, 0.05) is 23.2 Å². The van der Waals surface area contributed by atoms with Crippen LogP contribution in [0.1, 0.15) is 5.01 Å². The second-order valence-corrected chi connectivity index (χ2v) is 4.93. The van der Waals surface area contributed by atoms with Gasteiger partial charge >= 0.3 is 0 Å². The van der Waals surface area contributed by atoms with Crippen molar-refractivity contribution in [2.45, 2.75) is 6.54 Å². The molecule has 0 saturated heterocycles. The largest absolute Gasteiger partial charge is 0.339 e. The van der Waals surface area contributed by atoms with Crippen molar-refractivity contribution in [2.24, 2.45) is 0 Å². The summed E-state index contributed by atoms with van der Waals surface area (Å²) in [6, 6.07) is 8.04. The number of rotatable bonds is 2. The first-order chi connectivity index (χ1) is 7.84. The molecule has 0 fully saturated rings. The zero-order chi connectivity index (χ0) is 11.0. The third-order valence-electron chi connectivity index (χ3n) is 2.53. The first-order valence-corrected chi connectivity index (χ1v) is 6.22. The van der Waals surface area contributed by atoms with Gasteiger partial charge in [-0.1, -0.05) is 23.7 Å². The predicted octanol–water partition coefficient (Wildman–Crippen LogP) is 3.80. The first kappa shape index (κ1) is 9.87. The average molecular weight is 249 g/mol. The third-order valence-corrected chi connectivity index (χ3v) is 3.60. The summed E-state index contributed by atoms with van der Waals surface area (Å²) >= 11 is 7.87. The second kappa shape index (κ2) is 3.92. The van der Waals surface area contributed by atoms with Gasteiger partial charge in [-0.15, -0.1) is 11.3 Å². The molecule has 0 radical (unpaired) electrons. The van der Waals surface area contributed by atoms with E-state index >= 15 is 0 Å². The molecule has 0 N–H and O–H groups in total. The summed E-state index contributed by atoms with van der Waals surface area (Å²) in [7, 11) is 0. The summed E-state index contributed by atoms with van der Waals surface area (Å²) in [6.07, 6.45) is 3.88. The van der Waals surface area contributed by atoms with Crippen LogP contribution in [0.5, 0.6) is 0 Å². The lowest BCUT2D eigenvalue weighted by atomic mass is 10.2. The normalized spacial score (nSPS) is 11.1. The Morgan fingerprint density at radius 2 is 2.25 bits per heavy atom. The van der Waals surface area contributed by atoms with E-state index in [-0.39, 0.29) is 0 Å². The van der Waals surface area contributed by atoms with Crippen molar-refractivity contribution in [3.8, 4) is 0 Å². The molecule has 2 heterocycles. The van der Waals surface area contributed by atoms with Gasteiger partial charge in [0.05, 0.1) is 17.1 Å². The molecule has 0 aliphatic carbocycles. The summed E-state index contributed by atoms with van der Waals surface area (Å²) in [5, 5.41) is 5.04. The van der Waals surface area contributed by atoms with Crippen molar-refractivity contribution in [1.29, 1.82) is 0 Å². The Kier molecular flexibility index (Phi) is 2.42. The van der Waals surface area contributed by atoms with Crippen LogP contribution in [0.15, 0.2) is 42.0 Å². The summed E-state index contributed by atoms with van der Waals surface area (Å²) < 4.78 is 2.14. The zero-order valence-corrected chi connectivity index (χ0v) is 10.0. The van der Waals surface area contributed by atoms with E-state index in [0.717, 1.165) is 22.1 Å². The minimum atomic E-state index is 0.783. The zero-order valence-electron chi connectivity index (χ0n) is 8.43. The Morgan fingerprint density at radius 1 is 1.31 bits per heavy atom. The Bertz CT molecular complexity index is 613. The van der Waals surface area contributed by atoms with Crippen molar-refractivity contribution < 1.29 is 0 Å². The lowest BCUT2D eigenvalue weighted by molar-refractivity contribution is 0.828. The Balaban J connectivity index is 2.10. The van der Waals surface area contributed by atoms with Crippen LogP contribution < -0.4 is 0 Å². The van der Waals surface area contributed by atoms with E-state index in [1.165, 1.54) is 5.39 Å². The van der Waals surface area contributed by atoms with Crippen molar-refractivity contribution in [1.82, 2.24) is 9.55 Å². The molecule has 3 aromatic rings. The average Bonchev–Trinajstić information content (AvgIpc) is 2.90. The van der Waals surface area contributed by atoms with E-state index in [1.54, 1.807) is 11.3 Å². The molecule has 0 bridgehead atoms. The van der Waals surface area contributed by atoms with Gasteiger partial charge < -0.3 is 4.57 Å². The Morgan fingerprint density at radius 3 is 3.06 bits per heavy atom. The number of aromatic nitrogens is 2. The van der Waals surface area contributed by atoms with Gasteiger partial charge in [-0.2, -0.15) is 0 Å². The van der Waals surface area contributed by atoms with Crippen LogP contribution in [0, 0.1) is 0 Å². The van der Waals surface area contributed by atoms with E-state index in [2.05, 4.69) is 27.9 Å². The molecule has 1 aromatic carbocycles. The Labute approximate surface area is 102 Å². The highest BCUT2D eigenvalue weighted by Gasteiger charge is 2.06. The minimum absolute atomic E-state index is 0.783. The maximum Gasteiger partial charge on any atom is 0.112 e. The van der Waals surface area contributed by atoms with Gasteiger partial charge in [0.15, 0.2) is 0 Å². The SMILES string of the molecule is Clc1cccc2ccn(Cc3nccs3)c12. The fraction of sp³-hybridized carbons (Fsp3) is 0.0833. The molecule has 0 atom stereocenters. The van der Waals surface area contributed by atoms with Crippen molar-refractivity contribution >= 4 is 33.8 Å². The van der Waals surface area contributed by atoms with Gasteiger partial charge in [0.2, 0.25) is 0 Å². The quantitative estimate of drug-likeness (QED) is 0.675. The third kappa shape index (κ3) is 1.62. The van der Waals surface area contributed by atoms with Crippen molar-refractivity contribution in [3.63, 3.8) is 0 Å². The molecule has 16 heavy (non-hydrogen) atoms. The van der Waals surface area contributed by atoms with Crippen LogP contribution in [-0.2, 0) is 6.54 Å². The number of hydrogen-bond donors (Lipinski definition) is 0. The maximum absolute atomic E-state index is 6.21. The van der Waals surface area contributed by atoms with Gasteiger partial charge in [0.1, 0.15) is 5.01 Å². The van der Waals surface area contributed by atoms with Crippen molar-refractivity contribution in [2.75, 3.05) is 0 Å². The van der Waals surface area contributed by atoms with E-state index in [4.69, 9.17) is 11.6 Å². The van der Waals surface area contributed by atoms with Gasteiger partial charge in [0.25, 0.3) is 0 Å². The number of para-hydroxylation sites is 1. The van der Waals surface area contributed by atoms with Gasteiger partial charge in [-0.25, -0.2) is 4.98 Å². The molecule has 0 amide bonds. The molecule has 0 saturated carbocycles. The topological polar surface area (TPSA) is 17.8 Å². The summed E-state index contributed by atoms with van der Waals surface area (Å²) in [4.78, 5) is 4.28. The van der Waals surface area contributed by atoms with Crippen LogP contribution in [0.2, 0.25) is 5.02 Å².